The first-order valence-corrected chi connectivity index (χ1v) is 4.18. The molecule has 0 bridgehead atoms. The van der Waals surface area contributed by atoms with E-state index in [1.54, 1.807) is 0 Å². The second kappa shape index (κ2) is 4.64. The highest BCUT2D eigenvalue weighted by atomic mass is 35.5. The van der Waals surface area contributed by atoms with Crippen molar-refractivity contribution in [2.24, 2.45) is 0 Å². The molecule has 0 heterocycles. The zero-order valence-corrected chi connectivity index (χ0v) is 8.10. The molecule has 96 valence electrons. The number of rotatable bonds is 4. The molecule has 0 fully saturated rings. The van der Waals surface area contributed by atoms with E-state index in [1.807, 2.05) is 0 Å². The number of hydrogen-bond donors (Lipinski definition) is 1. The fraction of sp³-hybridized carbons (Fsp3) is 0.833. The summed E-state index contributed by atoms with van der Waals surface area (Å²) in [6.45, 7) is -0.649. The van der Waals surface area contributed by atoms with Crippen molar-refractivity contribution in [1.29, 1.82) is 0 Å². The van der Waals surface area contributed by atoms with Gasteiger partial charge in [-0.05, 0) is 0 Å². The number of alkyl halides is 8. The molecule has 0 saturated carbocycles. The monoisotopic (exact) mass is 275 g/mol. The molecule has 0 aromatic carbocycles. The molecule has 1 amide bonds. The Kier molecular flexibility index (Phi) is 4.43. The molecule has 0 aliphatic heterocycles. The van der Waals surface area contributed by atoms with Gasteiger partial charge in [-0.1, -0.05) is 0 Å². The van der Waals surface area contributed by atoms with Crippen molar-refractivity contribution in [3.63, 3.8) is 0 Å². The standard InChI is InChI=1S/C6H5ClF7NO/c7-1-2-15-3(16)4(8,9)5(10,11)6(12,13)14/h1-2H2,(H,15,16). The van der Waals surface area contributed by atoms with Crippen LogP contribution in [-0.4, -0.2) is 36.4 Å². The van der Waals surface area contributed by atoms with Gasteiger partial charge in [0.1, 0.15) is 0 Å². The van der Waals surface area contributed by atoms with Crippen LogP contribution in [0.25, 0.3) is 0 Å². The van der Waals surface area contributed by atoms with Gasteiger partial charge in [0, 0.05) is 12.4 Å². The summed E-state index contributed by atoms with van der Waals surface area (Å²) in [4.78, 5) is 10.4. The molecule has 16 heavy (non-hydrogen) atoms. The Labute approximate surface area is 89.7 Å². The minimum absolute atomic E-state index is 0.403. The summed E-state index contributed by atoms with van der Waals surface area (Å²) in [7, 11) is 0. The van der Waals surface area contributed by atoms with Crippen molar-refractivity contribution in [3.05, 3.63) is 0 Å². The Bertz CT molecular complexity index is 264. The van der Waals surface area contributed by atoms with Crippen molar-refractivity contribution in [2.45, 2.75) is 18.0 Å². The van der Waals surface area contributed by atoms with Gasteiger partial charge in [-0.25, -0.2) is 0 Å². The summed E-state index contributed by atoms with van der Waals surface area (Å²) >= 11 is 4.93. The number of carbonyl (C=O) groups is 1. The highest BCUT2D eigenvalue weighted by Crippen LogP contribution is 2.46. The predicted molar refractivity (Wildman–Crippen MR) is 39.7 cm³/mol. The lowest BCUT2D eigenvalue weighted by Crippen LogP contribution is -2.59. The van der Waals surface area contributed by atoms with Gasteiger partial charge in [0.15, 0.2) is 0 Å². The summed E-state index contributed by atoms with van der Waals surface area (Å²) in [5.41, 5.74) is 0. The fourth-order valence-corrected chi connectivity index (χ4v) is 0.687. The summed E-state index contributed by atoms with van der Waals surface area (Å²) < 4.78 is 84.1. The van der Waals surface area contributed by atoms with Crippen LogP contribution in [0.5, 0.6) is 0 Å². The van der Waals surface area contributed by atoms with Crippen LogP contribution >= 0.6 is 11.6 Å². The topological polar surface area (TPSA) is 29.1 Å². The van der Waals surface area contributed by atoms with Crippen molar-refractivity contribution in [2.75, 3.05) is 12.4 Å². The molecule has 0 radical (unpaired) electrons. The molecule has 0 spiro atoms. The van der Waals surface area contributed by atoms with Gasteiger partial charge in [0.05, 0.1) is 0 Å². The highest BCUT2D eigenvalue weighted by molar-refractivity contribution is 6.18. The molecule has 2 nitrogen and oxygen atoms in total. The molecule has 0 aromatic rings. The molecule has 0 aromatic heterocycles. The zero-order valence-electron chi connectivity index (χ0n) is 7.35. The number of nitrogens with one attached hydrogen (secondary N) is 1. The van der Waals surface area contributed by atoms with E-state index in [0.717, 1.165) is 5.32 Å². The number of hydrogen-bond acceptors (Lipinski definition) is 1. The van der Waals surface area contributed by atoms with E-state index in [9.17, 15) is 35.5 Å². The van der Waals surface area contributed by atoms with Crippen LogP contribution in [0.2, 0.25) is 0 Å². The fourth-order valence-electron chi connectivity index (χ4n) is 0.592. The van der Waals surface area contributed by atoms with Crippen LogP contribution in [0.15, 0.2) is 0 Å². The van der Waals surface area contributed by atoms with Crippen LogP contribution in [-0.2, 0) is 4.79 Å². The minimum atomic E-state index is -6.52. The Morgan fingerprint density at radius 2 is 1.50 bits per heavy atom. The lowest BCUT2D eigenvalue weighted by atomic mass is 10.1. The largest absolute Gasteiger partial charge is 0.460 e. The molecule has 0 unspecified atom stereocenters. The van der Waals surface area contributed by atoms with Crippen molar-refractivity contribution in [3.8, 4) is 0 Å². The minimum Gasteiger partial charge on any atom is -0.349 e. The van der Waals surface area contributed by atoms with Crippen LogP contribution in [0.4, 0.5) is 30.7 Å². The Balaban J connectivity index is 4.97. The molecule has 0 aliphatic rings. The molecule has 10 heteroatoms. The zero-order chi connectivity index (χ0) is 13.2. The normalized spacial score (nSPS) is 13.8. The quantitative estimate of drug-likeness (QED) is 0.618. The van der Waals surface area contributed by atoms with Gasteiger partial charge in [-0.2, -0.15) is 30.7 Å². The summed E-state index contributed by atoms with van der Waals surface area (Å²) in [5, 5.41) is 1.15. The highest BCUT2D eigenvalue weighted by Gasteiger charge is 2.76. The first kappa shape index (κ1) is 15.3. The smallest absolute Gasteiger partial charge is 0.349 e. The summed E-state index contributed by atoms with van der Waals surface area (Å²) in [5.74, 6) is -15.4. The average Bonchev–Trinajstić information content (AvgIpc) is 2.11. The third kappa shape index (κ3) is 2.69. The number of amides is 1. The van der Waals surface area contributed by atoms with Crippen LogP contribution in [0.1, 0.15) is 0 Å². The van der Waals surface area contributed by atoms with E-state index in [-0.39, 0.29) is 0 Å². The SMILES string of the molecule is O=C(NCCCl)C(F)(F)C(F)(F)C(F)(F)F. The third-order valence-electron chi connectivity index (χ3n) is 1.42. The molecule has 0 atom stereocenters. The van der Waals surface area contributed by atoms with E-state index >= 15 is 0 Å². The van der Waals surface area contributed by atoms with Gasteiger partial charge in [-0.15, -0.1) is 11.6 Å². The Morgan fingerprint density at radius 1 is 1.06 bits per heavy atom. The van der Waals surface area contributed by atoms with E-state index in [4.69, 9.17) is 11.6 Å². The Hall–Kier alpha value is -0.730. The average molecular weight is 276 g/mol. The predicted octanol–water partition coefficient (Wildman–Crippen LogP) is 2.17. The van der Waals surface area contributed by atoms with Crippen molar-refractivity contribution in [1.82, 2.24) is 5.32 Å². The Morgan fingerprint density at radius 3 is 1.81 bits per heavy atom. The summed E-state index contributed by atoms with van der Waals surface area (Å²) in [6.07, 6.45) is -6.52. The molecular formula is C6H5ClF7NO. The van der Waals surface area contributed by atoms with Crippen LogP contribution < -0.4 is 5.32 Å². The van der Waals surface area contributed by atoms with Gasteiger partial charge in [0.25, 0.3) is 5.91 Å². The summed E-state index contributed by atoms with van der Waals surface area (Å²) in [6, 6.07) is 0. The van der Waals surface area contributed by atoms with Gasteiger partial charge < -0.3 is 5.32 Å². The molecule has 0 rings (SSSR count). The maximum Gasteiger partial charge on any atom is 0.460 e. The number of carbonyl (C=O) groups excluding carboxylic acids is 1. The maximum atomic E-state index is 12.5. The molecule has 0 aliphatic carbocycles. The second-order valence-electron chi connectivity index (χ2n) is 2.59. The van der Waals surface area contributed by atoms with Gasteiger partial charge >= 0.3 is 18.0 Å². The second-order valence-corrected chi connectivity index (χ2v) is 2.97. The third-order valence-corrected chi connectivity index (χ3v) is 1.60. The van der Waals surface area contributed by atoms with E-state index < -0.39 is 36.4 Å². The van der Waals surface area contributed by atoms with E-state index in [2.05, 4.69) is 0 Å². The maximum absolute atomic E-state index is 12.5. The van der Waals surface area contributed by atoms with Gasteiger partial charge in [-0.3, -0.25) is 4.79 Å². The van der Waals surface area contributed by atoms with Gasteiger partial charge in [0.2, 0.25) is 0 Å². The first-order chi connectivity index (χ1) is 6.98. The van der Waals surface area contributed by atoms with Crippen LogP contribution in [0.3, 0.4) is 0 Å². The lowest BCUT2D eigenvalue weighted by Gasteiger charge is -2.26. The molecule has 1 N–H and O–H groups in total. The van der Waals surface area contributed by atoms with E-state index in [1.165, 1.54) is 0 Å². The van der Waals surface area contributed by atoms with Crippen molar-refractivity contribution >= 4 is 17.5 Å². The molecular weight excluding hydrogens is 271 g/mol. The van der Waals surface area contributed by atoms with Crippen molar-refractivity contribution < 1.29 is 35.5 Å². The first-order valence-electron chi connectivity index (χ1n) is 3.65. The van der Waals surface area contributed by atoms with E-state index in [0.29, 0.717) is 0 Å². The lowest BCUT2D eigenvalue weighted by molar-refractivity contribution is -0.344. The van der Waals surface area contributed by atoms with Crippen LogP contribution in [0, 0.1) is 0 Å². The number of halogens is 8. The molecule has 0 saturated heterocycles.